The standard InChI is InChI=1S/C10H19NO3S/c1-7(2)9(10(13)14)11-8(12)5-4-6-15-3/h7,9H,4-6H2,1-3H3,(H,11,12)(H,13,14). The van der Waals surface area contributed by atoms with Crippen LogP contribution >= 0.6 is 11.8 Å². The number of nitrogens with one attached hydrogen (secondary N) is 1. The number of amides is 1. The second-order valence-electron chi connectivity index (χ2n) is 3.72. The largest absolute Gasteiger partial charge is 0.480 e. The van der Waals surface area contributed by atoms with Crippen LogP contribution in [0.5, 0.6) is 0 Å². The summed E-state index contributed by atoms with van der Waals surface area (Å²) >= 11 is 1.68. The molecule has 0 spiro atoms. The summed E-state index contributed by atoms with van der Waals surface area (Å²) in [5.41, 5.74) is 0. The highest BCUT2D eigenvalue weighted by Gasteiger charge is 2.22. The molecule has 0 saturated heterocycles. The van der Waals surface area contributed by atoms with Crippen molar-refractivity contribution < 1.29 is 14.7 Å². The zero-order chi connectivity index (χ0) is 11.8. The molecular formula is C10H19NO3S. The van der Waals surface area contributed by atoms with Gasteiger partial charge in [0.1, 0.15) is 6.04 Å². The molecule has 0 heterocycles. The van der Waals surface area contributed by atoms with Crippen molar-refractivity contribution in [3.05, 3.63) is 0 Å². The van der Waals surface area contributed by atoms with Crippen LogP contribution in [0.2, 0.25) is 0 Å². The third-order valence-electron chi connectivity index (χ3n) is 2.00. The van der Waals surface area contributed by atoms with E-state index in [1.165, 1.54) is 0 Å². The Hall–Kier alpha value is -0.710. The number of thioether (sulfide) groups is 1. The normalized spacial score (nSPS) is 12.5. The number of hydrogen-bond donors (Lipinski definition) is 2. The van der Waals surface area contributed by atoms with Gasteiger partial charge in [0.05, 0.1) is 0 Å². The summed E-state index contributed by atoms with van der Waals surface area (Å²) in [4.78, 5) is 22.1. The summed E-state index contributed by atoms with van der Waals surface area (Å²) in [5, 5.41) is 11.4. The zero-order valence-electron chi connectivity index (χ0n) is 9.45. The van der Waals surface area contributed by atoms with E-state index in [9.17, 15) is 9.59 Å². The maximum Gasteiger partial charge on any atom is 0.326 e. The number of hydrogen-bond acceptors (Lipinski definition) is 3. The van der Waals surface area contributed by atoms with Gasteiger partial charge in [-0.2, -0.15) is 11.8 Å². The van der Waals surface area contributed by atoms with Gasteiger partial charge in [0, 0.05) is 6.42 Å². The lowest BCUT2D eigenvalue weighted by molar-refractivity contribution is -0.143. The lowest BCUT2D eigenvalue weighted by Gasteiger charge is -2.17. The molecule has 2 N–H and O–H groups in total. The van der Waals surface area contributed by atoms with E-state index in [1.54, 1.807) is 25.6 Å². The Labute approximate surface area is 94.8 Å². The Balaban J connectivity index is 3.95. The molecule has 0 aliphatic carbocycles. The molecule has 0 rings (SSSR count). The molecule has 0 aromatic rings. The van der Waals surface area contributed by atoms with E-state index in [0.29, 0.717) is 6.42 Å². The van der Waals surface area contributed by atoms with Crippen LogP contribution in [-0.2, 0) is 9.59 Å². The number of carbonyl (C=O) groups excluding carboxylic acids is 1. The Kier molecular flexibility index (Phi) is 7.21. The van der Waals surface area contributed by atoms with Crippen LogP contribution in [0.15, 0.2) is 0 Å². The van der Waals surface area contributed by atoms with E-state index in [2.05, 4.69) is 5.32 Å². The SMILES string of the molecule is CSCCCC(=O)NC(C(=O)O)C(C)C. The first kappa shape index (κ1) is 14.3. The lowest BCUT2D eigenvalue weighted by Crippen LogP contribution is -2.44. The van der Waals surface area contributed by atoms with Crippen molar-refractivity contribution in [2.75, 3.05) is 12.0 Å². The van der Waals surface area contributed by atoms with Gasteiger partial charge in [-0.25, -0.2) is 4.79 Å². The first-order chi connectivity index (χ1) is 6.99. The van der Waals surface area contributed by atoms with Gasteiger partial charge in [0.2, 0.25) is 5.91 Å². The summed E-state index contributed by atoms with van der Waals surface area (Å²) in [6, 6.07) is -0.772. The van der Waals surface area contributed by atoms with Gasteiger partial charge in [-0.3, -0.25) is 4.79 Å². The molecule has 0 aromatic carbocycles. The summed E-state index contributed by atoms with van der Waals surface area (Å²) in [5.74, 6) is -0.312. The highest BCUT2D eigenvalue weighted by Crippen LogP contribution is 2.04. The van der Waals surface area contributed by atoms with Crippen LogP contribution in [0, 0.1) is 5.92 Å². The minimum atomic E-state index is -0.969. The fraction of sp³-hybridized carbons (Fsp3) is 0.800. The van der Waals surface area contributed by atoms with Crippen molar-refractivity contribution in [1.82, 2.24) is 5.32 Å². The second kappa shape index (κ2) is 7.56. The number of carboxylic acid groups (broad SMARTS) is 1. The number of carbonyl (C=O) groups is 2. The molecule has 88 valence electrons. The number of aliphatic carboxylic acids is 1. The molecule has 0 bridgehead atoms. The fourth-order valence-electron chi connectivity index (χ4n) is 1.14. The van der Waals surface area contributed by atoms with Crippen LogP contribution < -0.4 is 5.32 Å². The third kappa shape index (κ3) is 6.38. The summed E-state index contributed by atoms with van der Waals surface area (Å²) in [6.45, 7) is 3.56. The number of rotatable bonds is 7. The van der Waals surface area contributed by atoms with E-state index in [-0.39, 0.29) is 11.8 Å². The van der Waals surface area contributed by atoms with Gasteiger partial charge in [-0.1, -0.05) is 13.8 Å². The maximum absolute atomic E-state index is 11.4. The Morgan fingerprint density at radius 3 is 2.40 bits per heavy atom. The van der Waals surface area contributed by atoms with Gasteiger partial charge in [0.15, 0.2) is 0 Å². The first-order valence-electron chi connectivity index (χ1n) is 5.00. The zero-order valence-corrected chi connectivity index (χ0v) is 10.3. The molecule has 1 atom stereocenters. The average molecular weight is 233 g/mol. The van der Waals surface area contributed by atoms with Crippen molar-refractivity contribution in [2.45, 2.75) is 32.7 Å². The molecule has 0 radical (unpaired) electrons. The van der Waals surface area contributed by atoms with E-state index >= 15 is 0 Å². The van der Waals surface area contributed by atoms with E-state index in [4.69, 9.17) is 5.11 Å². The average Bonchev–Trinajstić information content (AvgIpc) is 2.13. The van der Waals surface area contributed by atoms with Crippen molar-refractivity contribution in [2.24, 2.45) is 5.92 Å². The Morgan fingerprint density at radius 2 is 2.00 bits per heavy atom. The van der Waals surface area contributed by atoms with E-state index in [1.807, 2.05) is 6.26 Å². The van der Waals surface area contributed by atoms with Crippen molar-refractivity contribution in [1.29, 1.82) is 0 Å². The van der Waals surface area contributed by atoms with E-state index < -0.39 is 12.0 Å². The predicted octanol–water partition coefficient (Wildman–Crippen LogP) is 1.35. The van der Waals surface area contributed by atoms with Gasteiger partial charge in [-0.05, 0) is 24.3 Å². The lowest BCUT2D eigenvalue weighted by atomic mass is 10.0. The highest BCUT2D eigenvalue weighted by atomic mass is 32.2. The van der Waals surface area contributed by atoms with Gasteiger partial charge in [-0.15, -0.1) is 0 Å². The quantitative estimate of drug-likeness (QED) is 0.651. The van der Waals surface area contributed by atoms with Gasteiger partial charge >= 0.3 is 5.97 Å². The highest BCUT2D eigenvalue weighted by molar-refractivity contribution is 7.98. The van der Waals surface area contributed by atoms with E-state index in [0.717, 1.165) is 12.2 Å². The number of carboxylic acids is 1. The summed E-state index contributed by atoms with van der Waals surface area (Å²) < 4.78 is 0. The molecule has 1 unspecified atom stereocenters. The van der Waals surface area contributed by atoms with Crippen molar-refractivity contribution in [3.63, 3.8) is 0 Å². The van der Waals surface area contributed by atoms with Crippen molar-refractivity contribution in [3.8, 4) is 0 Å². The summed E-state index contributed by atoms with van der Waals surface area (Å²) in [7, 11) is 0. The third-order valence-corrected chi connectivity index (χ3v) is 2.70. The molecule has 5 heteroatoms. The minimum absolute atomic E-state index is 0.0907. The van der Waals surface area contributed by atoms with Crippen LogP contribution in [-0.4, -0.2) is 35.0 Å². The monoisotopic (exact) mass is 233 g/mol. The van der Waals surface area contributed by atoms with Crippen molar-refractivity contribution >= 4 is 23.6 Å². The second-order valence-corrected chi connectivity index (χ2v) is 4.71. The molecule has 4 nitrogen and oxygen atoms in total. The van der Waals surface area contributed by atoms with Crippen LogP contribution in [0.3, 0.4) is 0 Å². The molecule has 0 aromatic heterocycles. The Morgan fingerprint density at radius 1 is 1.40 bits per heavy atom. The molecule has 15 heavy (non-hydrogen) atoms. The van der Waals surface area contributed by atoms with Gasteiger partial charge in [0.25, 0.3) is 0 Å². The molecule has 0 fully saturated rings. The molecule has 0 saturated carbocycles. The fourth-order valence-corrected chi connectivity index (χ4v) is 1.57. The smallest absolute Gasteiger partial charge is 0.326 e. The molecule has 0 aliphatic heterocycles. The molecule has 0 aliphatic rings. The first-order valence-corrected chi connectivity index (χ1v) is 6.39. The minimum Gasteiger partial charge on any atom is -0.480 e. The topological polar surface area (TPSA) is 66.4 Å². The Bertz CT molecular complexity index is 219. The van der Waals surface area contributed by atoms with Crippen LogP contribution in [0.25, 0.3) is 0 Å². The van der Waals surface area contributed by atoms with Gasteiger partial charge < -0.3 is 10.4 Å². The predicted molar refractivity (Wildman–Crippen MR) is 62.0 cm³/mol. The molecular weight excluding hydrogens is 214 g/mol. The van der Waals surface area contributed by atoms with Crippen LogP contribution in [0.1, 0.15) is 26.7 Å². The summed E-state index contributed by atoms with van der Waals surface area (Å²) in [6.07, 6.45) is 3.17. The van der Waals surface area contributed by atoms with Crippen LogP contribution in [0.4, 0.5) is 0 Å². The molecule has 1 amide bonds. The maximum atomic E-state index is 11.4.